The molecule has 2 atom stereocenters. The summed E-state index contributed by atoms with van der Waals surface area (Å²) in [6.07, 6.45) is -1.02. The number of para-hydroxylation sites is 1. The average molecular weight is 356 g/mol. The summed E-state index contributed by atoms with van der Waals surface area (Å²) in [5.41, 5.74) is -0.574. The van der Waals surface area contributed by atoms with E-state index in [-0.39, 0.29) is 18.7 Å². The first-order valence-electron chi connectivity index (χ1n) is 8.32. The Balaban J connectivity index is 1.64. The number of nitrogens with one attached hydrogen (secondary N) is 1. The molecule has 0 saturated carbocycles. The van der Waals surface area contributed by atoms with Crippen molar-refractivity contribution in [1.82, 2.24) is 10.2 Å². The zero-order valence-corrected chi connectivity index (χ0v) is 13.8. The summed E-state index contributed by atoms with van der Waals surface area (Å²) < 4.78 is 19.4. The highest BCUT2D eigenvalue weighted by atomic mass is 19.1. The number of aliphatic hydroxyl groups is 1. The summed E-state index contributed by atoms with van der Waals surface area (Å²) in [5, 5.41) is 13.1. The summed E-state index contributed by atoms with van der Waals surface area (Å²) in [7, 11) is 0. The third kappa shape index (κ3) is 2.43. The molecule has 4 rings (SSSR count). The number of hydrogen-bond acceptors (Lipinski definition) is 4. The number of fused-ring (bicyclic) bond motifs is 2. The molecule has 0 aromatic heterocycles. The van der Waals surface area contributed by atoms with E-state index < -0.39 is 29.4 Å². The zero-order chi connectivity index (χ0) is 18.3. The number of carbonyl (C=O) groups is 2. The van der Waals surface area contributed by atoms with E-state index in [4.69, 9.17) is 4.74 Å². The molecule has 1 spiro atoms. The Morgan fingerprint density at radius 1 is 1.19 bits per heavy atom. The van der Waals surface area contributed by atoms with Gasteiger partial charge in [-0.15, -0.1) is 0 Å². The smallest absolute Gasteiger partial charge is 0.325 e. The molecule has 134 valence electrons. The quantitative estimate of drug-likeness (QED) is 0.826. The summed E-state index contributed by atoms with van der Waals surface area (Å²) >= 11 is 0. The Hall–Kier alpha value is -2.93. The topological polar surface area (TPSA) is 78.9 Å². The second-order valence-electron chi connectivity index (χ2n) is 6.38. The highest BCUT2D eigenvalue weighted by Gasteiger charge is 2.55. The monoisotopic (exact) mass is 356 g/mol. The van der Waals surface area contributed by atoms with Crippen molar-refractivity contribution >= 4 is 11.9 Å². The van der Waals surface area contributed by atoms with E-state index in [0.29, 0.717) is 17.7 Å². The first-order chi connectivity index (χ1) is 12.5. The molecule has 0 aliphatic carbocycles. The number of ether oxygens (including phenoxy) is 1. The van der Waals surface area contributed by atoms with Crippen LogP contribution in [0.5, 0.6) is 5.75 Å². The Morgan fingerprint density at radius 3 is 2.73 bits per heavy atom. The third-order valence-electron chi connectivity index (χ3n) is 4.88. The fourth-order valence-electron chi connectivity index (χ4n) is 3.55. The summed E-state index contributed by atoms with van der Waals surface area (Å²) in [6.45, 7) is -0.0386. The van der Waals surface area contributed by atoms with Crippen LogP contribution >= 0.6 is 0 Å². The van der Waals surface area contributed by atoms with Crippen molar-refractivity contribution in [3.8, 4) is 5.75 Å². The van der Waals surface area contributed by atoms with Crippen molar-refractivity contribution in [2.75, 3.05) is 13.2 Å². The van der Waals surface area contributed by atoms with Crippen LogP contribution in [0.3, 0.4) is 0 Å². The lowest BCUT2D eigenvalue weighted by Gasteiger charge is -2.33. The summed E-state index contributed by atoms with van der Waals surface area (Å²) in [6, 6.07) is 12.2. The summed E-state index contributed by atoms with van der Waals surface area (Å²) in [4.78, 5) is 26.5. The normalized spacial score (nSPS) is 22.8. The van der Waals surface area contributed by atoms with Crippen molar-refractivity contribution in [2.45, 2.75) is 18.1 Å². The fourth-order valence-corrected chi connectivity index (χ4v) is 3.55. The molecular formula is C19H17FN2O4. The summed E-state index contributed by atoms with van der Waals surface area (Å²) in [5.74, 6) is -0.504. The van der Waals surface area contributed by atoms with Crippen LogP contribution in [-0.4, -0.2) is 35.1 Å². The maximum atomic E-state index is 13.9. The Morgan fingerprint density at radius 2 is 1.92 bits per heavy atom. The number of amides is 3. The van der Waals surface area contributed by atoms with E-state index in [2.05, 4.69) is 5.32 Å². The first kappa shape index (κ1) is 16.5. The number of imide groups is 1. The Kier molecular flexibility index (Phi) is 3.88. The predicted molar refractivity (Wildman–Crippen MR) is 89.8 cm³/mol. The SMILES string of the molecule is O=C1N[C@]2(CCOc3ccccc32)C(=O)N1C[C@H](O)c1ccccc1F. The minimum atomic E-state index is -1.31. The number of aliphatic hydroxyl groups excluding tert-OH is 1. The lowest BCUT2D eigenvalue weighted by Crippen LogP contribution is -2.47. The van der Waals surface area contributed by atoms with E-state index in [1.165, 1.54) is 18.2 Å². The molecule has 1 fully saturated rings. The van der Waals surface area contributed by atoms with E-state index >= 15 is 0 Å². The van der Waals surface area contributed by atoms with Crippen molar-refractivity contribution < 1.29 is 23.8 Å². The lowest BCUT2D eigenvalue weighted by molar-refractivity contribution is -0.133. The predicted octanol–water partition coefficient (Wildman–Crippen LogP) is 2.09. The molecule has 0 radical (unpaired) electrons. The number of nitrogens with zero attached hydrogens (tertiary/aromatic N) is 1. The maximum Gasteiger partial charge on any atom is 0.325 e. The zero-order valence-electron chi connectivity index (χ0n) is 13.8. The van der Waals surface area contributed by atoms with Crippen LogP contribution in [0.1, 0.15) is 23.7 Å². The van der Waals surface area contributed by atoms with Crippen LogP contribution in [0, 0.1) is 5.82 Å². The minimum Gasteiger partial charge on any atom is -0.493 e. The highest BCUT2D eigenvalue weighted by molar-refractivity contribution is 6.08. The molecule has 1 saturated heterocycles. The van der Waals surface area contributed by atoms with Gasteiger partial charge < -0.3 is 15.2 Å². The van der Waals surface area contributed by atoms with Gasteiger partial charge in [0, 0.05) is 17.5 Å². The van der Waals surface area contributed by atoms with E-state index in [0.717, 1.165) is 4.90 Å². The van der Waals surface area contributed by atoms with Crippen LogP contribution in [0.2, 0.25) is 0 Å². The molecule has 2 aromatic carbocycles. The van der Waals surface area contributed by atoms with Gasteiger partial charge in [-0.05, 0) is 12.1 Å². The van der Waals surface area contributed by atoms with E-state index in [1.807, 2.05) is 0 Å². The molecule has 0 bridgehead atoms. The van der Waals surface area contributed by atoms with Crippen LogP contribution in [0.15, 0.2) is 48.5 Å². The lowest BCUT2D eigenvalue weighted by atomic mass is 9.84. The van der Waals surface area contributed by atoms with Crippen LogP contribution in [0.4, 0.5) is 9.18 Å². The third-order valence-corrected chi connectivity index (χ3v) is 4.88. The Labute approximate surface area is 149 Å². The fraction of sp³-hybridized carbons (Fsp3) is 0.263. The molecule has 3 amide bonds. The number of benzene rings is 2. The van der Waals surface area contributed by atoms with E-state index in [1.54, 1.807) is 30.3 Å². The van der Waals surface area contributed by atoms with Crippen LogP contribution < -0.4 is 10.1 Å². The molecular weight excluding hydrogens is 339 g/mol. The van der Waals surface area contributed by atoms with Gasteiger partial charge >= 0.3 is 6.03 Å². The maximum absolute atomic E-state index is 13.9. The molecule has 2 aromatic rings. The standard InChI is InChI=1S/C19H17FN2O4/c20-14-7-3-1-5-12(14)15(23)11-22-17(24)19(21-18(22)25)9-10-26-16-8-4-2-6-13(16)19/h1-8,15,23H,9-11H2,(H,21,25)/t15-,19-/m0/s1. The second kappa shape index (κ2) is 6.10. The first-order valence-corrected chi connectivity index (χ1v) is 8.32. The van der Waals surface area contributed by atoms with Crippen molar-refractivity contribution in [2.24, 2.45) is 0 Å². The number of urea groups is 1. The average Bonchev–Trinajstić information content (AvgIpc) is 2.87. The molecule has 6 nitrogen and oxygen atoms in total. The molecule has 26 heavy (non-hydrogen) atoms. The van der Waals surface area contributed by atoms with E-state index in [9.17, 15) is 19.1 Å². The molecule has 2 aliphatic heterocycles. The molecule has 2 aliphatic rings. The van der Waals surface area contributed by atoms with Gasteiger partial charge in [0.2, 0.25) is 0 Å². The number of β-amino-alcohol motifs (C(OH)–C–C–N with tert-alkyl or cyclic N) is 1. The number of hydrogen-bond donors (Lipinski definition) is 2. The molecule has 7 heteroatoms. The van der Waals surface area contributed by atoms with Crippen LogP contribution in [-0.2, 0) is 10.3 Å². The number of carbonyl (C=O) groups excluding carboxylic acids is 2. The van der Waals surface area contributed by atoms with Crippen LogP contribution in [0.25, 0.3) is 0 Å². The van der Waals surface area contributed by atoms with Gasteiger partial charge in [-0.2, -0.15) is 0 Å². The van der Waals surface area contributed by atoms with Crippen molar-refractivity contribution in [3.05, 3.63) is 65.5 Å². The molecule has 2 N–H and O–H groups in total. The van der Waals surface area contributed by atoms with Gasteiger partial charge in [0.15, 0.2) is 5.54 Å². The number of rotatable bonds is 3. The van der Waals surface area contributed by atoms with Gasteiger partial charge in [-0.1, -0.05) is 36.4 Å². The highest BCUT2D eigenvalue weighted by Crippen LogP contribution is 2.41. The van der Waals surface area contributed by atoms with Crippen molar-refractivity contribution in [1.29, 1.82) is 0 Å². The van der Waals surface area contributed by atoms with Gasteiger partial charge in [-0.3, -0.25) is 9.69 Å². The van der Waals surface area contributed by atoms with Gasteiger partial charge in [0.1, 0.15) is 11.6 Å². The molecule has 2 heterocycles. The van der Waals surface area contributed by atoms with Gasteiger partial charge in [0.05, 0.1) is 19.3 Å². The largest absolute Gasteiger partial charge is 0.493 e. The number of halogens is 1. The Bertz CT molecular complexity index is 887. The molecule has 0 unspecified atom stereocenters. The van der Waals surface area contributed by atoms with Crippen molar-refractivity contribution in [3.63, 3.8) is 0 Å². The second-order valence-corrected chi connectivity index (χ2v) is 6.38. The minimum absolute atomic E-state index is 0.0430. The van der Waals surface area contributed by atoms with Gasteiger partial charge in [0.25, 0.3) is 5.91 Å². The van der Waals surface area contributed by atoms with Gasteiger partial charge in [-0.25, -0.2) is 9.18 Å².